The number of H-pyrrole nitrogens is 1. The number of imidazole rings is 1. The molecule has 0 amide bonds. The van der Waals surface area contributed by atoms with Crippen LogP contribution in [0.25, 0.3) is 11.2 Å². The van der Waals surface area contributed by atoms with Crippen molar-refractivity contribution < 1.29 is 0 Å². The van der Waals surface area contributed by atoms with E-state index < -0.39 is 0 Å². The number of piperazine rings is 1. The third-order valence-corrected chi connectivity index (χ3v) is 3.98. The summed E-state index contributed by atoms with van der Waals surface area (Å²) in [6.45, 7) is 5.79. The topological polar surface area (TPSA) is 78.8 Å². The Labute approximate surface area is 123 Å². The number of hydrogen-bond acceptors (Lipinski definition) is 5. The SMILES string of the molecule is CCCCc1nc2nc(N3CCNCC3)[nH]c2c(=O)n1C. The summed E-state index contributed by atoms with van der Waals surface area (Å²) in [5, 5.41) is 3.31. The number of nitrogens with one attached hydrogen (secondary N) is 2. The Kier molecular flexibility index (Phi) is 3.92. The summed E-state index contributed by atoms with van der Waals surface area (Å²) >= 11 is 0. The molecule has 0 saturated carbocycles. The van der Waals surface area contributed by atoms with Crippen molar-refractivity contribution in [2.75, 3.05) is 31.1 Å². The molecule has 21 heavy (non-hydrogen) atoms. The molecule has 1 aliphatic rings. The summed E-state index contributed by atoms with van der Waals surface area (Å²) in [4.78, 5) is 26.8. The van der Waals surface area contributed by atoms with Crippen molar-refractivity contribution >= 4 is 17.1 Å². The number of rotatable bonds is 4. The van der Waals surface area contributed by atoms with E-state index in [4.69, 9.17) is 0 Å². The van der Waals surface area contributed by atoms with Gasteiger partial charge in [-0.15, -0.1) is 0 Å². The Bertz CT molecular complexity index is 683. The van der Waals surface area contributed by atoms with Crippen molar-refractivity contribution in [3.63, 3.8) is 0 Å². The molecular formula is C14H22N6O. The Morgan fingerprint density at radius 1 is 1.24 bits per heavy atom. The van der Waals surface area contributed by atoms with E-state index in [-0.39, 0.29) is 5.56 Å². The van der Waals surface area contributed by atoms with Crippen molar-refractivity contribution in [2.45, 2.75) is 26.2 Å². The lowest BCUT2D eigenvalue weighted by Crippen LogP contribution is -2.44. The number of aromatic amines is 1. The van der Waals surface area contributed by atoms with Gasteiger partial charge in [0, 0.05) is 39.6 Å². The Morgan fingerprint density at radius 2 is 2.00 bits per heavy atom. The molecule has 114 valence electrons. The number of nitrogens with zero attached hydrogens (tertiary/aromatic N) is 4. The van der Waals surface area contributed by atoms with Crippen LogP contribution in [0.3, 0.4) is 0 Å². The third kappa shape index (κ3) is 2.65. The quantitative estimate of drug-likeness (QED) is 0.852. The van der Waals surface area contributed by atoms with Crippen LogP contribution in [0.1, 0.15) is 25.6 Å². The first-order valence-electron chi connectivity index (χ1n) is 7.62. The number of hydrogen-bond donors (Lipinski definition) is 2. The van der Waals surface area contributed by atoms with Crippen LogP contribution >= 0.6 is 0 Å². The van der Waals surface area contributed by atoms with E-state index in [0.29, 0.717) is 11.2 Å². The van der Waals surface area contributed by atoms with E-state index >= 15 is 0 Å². The molecule has 7 nitrogen and oxygen atoms in total. The van der Waals surface area contributed by atoms with Gasteiger partial charge >= 0.3 is 0 Å². The highest BCUT2D eigenvalue weighted by Crippen LogP contribution is 2.14. The Hall–Kier alpha value is -1.89. The van der Waals surface area contributed by atoms with Gasteiger partial charge in [-0.3, -0.25) is 9.36 Å². The van der Waals surface area contributed by atoms with Crippen LogP contribution < -0.4 is 15.8 Å². The van der Waals surface area contributed by atoms with Gasteiger partial charge in [0.2, 0.25) is 5.95 Å². The van der Waals surface area contributed by atoms with Gasteiger partial charge in [0.15, 0.2) is 11.2 Å². The van der Waals surface area contributed by atoms with E-state index in [2.05, 4.69) is 32.1 Å². The van der Waals surface area contributed by atoms with Gasteiger partial charge in [0.25, 0.3) is 5.56 Å². The Balaban J connectivity index is 2.00. The van der Waals surface area contributed by atoms with Crippen molar-refractivity contribution in [2.24, 2.45) is 7.05 Å². The zero-order valence-corrected chi connectivity index (χ0v) is 12.6. The second-order valence-electron chi connectivity index (χ2n) is 5.49. The van der Waals surface area contributed by atoms with Crippen molar-refractivity contribution in [3.8, 4) is 0 Å². The molecule has 1 aliphatic heterocycles. The van der Waals surface area contributed by atoms with E-state index in [9.17, 15) is 4.79 Å². The van der Waals surface area contributed by atoms with Crippen LogP contribution in [0.15, 0.2) is 4.79 Å². The molecule has 0 aromatic carbocycles. The molecule has 3 heterocycles. The molecular weight excluding hydrogens is 268 g/mol. The highest BCUT2D eigenvalue weighted by molar-refractivity contribution is 5.72. The van der Waals surface area contributed by atoms with Gasteiger partial charge in [0.05, 0.1) is 0 Å². The molecule has 0 unspecified atom stereocenters. The van der Waals surface area contributed by atoms with Gasteiger partial charge in [-0.2, -0.15) is 4.98 Å². The number of aryl methyl sites for hydroxylation is 1. The third-order valence-electron chi connectivity index (χ3n) is 3.98. The van der Waals surface area contributed by atoms with E-state index in [0.717, 1.165) is 57.2 Å². The molecule has 0 aliphatic carbocycles. The highest BCUT2D eigenvalue weighted by atomic mass is 16.1. The summed E-state index contributed by atoms with van der Waals surface area (Å²) in [7, 11) is 1.78. The molecule has 2 N–H and O–H groups in total. The molecule has 7 heteroatoms. The van der Waals surface area contributed by atoms with Crippen LogP contribution in [-0.4, -0.2) is 45.7 Å². The fraction of sp³-hybridized carbons (Fsp3) is 0.643. The maximum Gasteiger partial charge on any atom is 0.279 e. The zero-order chi connectivity index (χ0) is 14.8. The number of unbranched alkanes of at least 4 members (excludes halogenated alkanes) is 1. The number of fused-ring (bicyclic) bond motifs is 1. The Morgan fingerprint density at radius 3 is 2.71 bits per heavy atom. The molecule has 0 spiro atoms. The molecule has 1 saturated heterocycles. The van der Waals surface area contributed by atoms with Gasteiger partial charge in [-0.1, -0.05) is 13.3 Å². The van der Waals surface area contributed by atoms with Crippen LogP contribution in [-0.2, 0) is 13.5 Å². The van der Waals surface area contributed by atoms with E-state index in [1.54, 1.807) is 11.6 Å². The molecule has 0 radical (unpaired) electrons. The predicted octanol–water partition coefficient (Wildman–Crippen LogP) is 0.409. The lowest BCUT2D eigenvalue weighted by molar-refractivity contribution is 0.582. The summed E-state index contributed by atoms with van der Waals surface area (Å²) in [5.41, 5.74) is 1.00. The minimum Gasteiger partial charge on any atom is -0.340 e. The van der Waals surface area contributed by atoms with Crippen molar-refractivity contribution in [1.82, 2.24) is 24.8 Å². The summed E-state index contributed by atoms with van der Waals surface area (Å²) in [6, 6.07) is 0. The fourth-order valence-electron chi connectivity index (χ4n) is 2.65. The van der Waals surface area contributed by atoms with Gasteiger partial charge in [-0.05, 0) is 6.42 Å². The van der Waals surface area contributed by atoms with Gasteiger partial charge in [-0.25, -0.2) is 4.98 Å². The molecule has 3 rings (SSSR count). The first kappa shape index (κ1) is 14.1. The lowest BCUT2D eigenvalue weighted by atomic mass is 10.2. The maximum atomic E-state index is 12.4. The lowest BCUT2D eigenvalue weighted by Gasteiger charge is -2.26. The molecule has 2 aromatic rings. The van der Waals surface area contributed by atoms with Crippen LogP contribution in [0.2, 0.25) is 0 Å². The normalized spacial score (nSPS) is 15.8. The first-order valence-corrected chi connectivity index (χ1v) is 7.62. The molecule has 2 aromatic heterocycles. The number of aromatic nitrogens is 4. The monoisotopic (exact) mass is 290 g/mol. The summed E-state index contributed by atoms with van der Waals surface area (Å²) < 4.78 is 1.64. The minimum absolute atomic E-state index is 0.0417. The van der Waals surface area contributed by atoms with E-state index in [1.165, 1.54) is 0 Å². The second kappa shape index (κ2) is 5.85. The molecule has 1 fully saturated rings. The van der Waals surface area contributed by atoms with Gasteiger partial charge in [0.1, 0.15) is 5.82 Å². The van der Waals surface area contributed by atoms with Crippen LogP contribution in [0, 0.1) is 0 Å². The summed E-state index contributed by atoms with van der Waals surface area (Å²) in [6.07, 6.45) is 2.93. The summed E-state index contributed by atoms with van der Waals surface area (Å²) in [5.74, 6) is 1.57. The van der Waals surface area contributed by atoms with Crippen LogP contribution in [0.5, 0.6) is 0 Å². The molecule has 0 atom stereocenters. The zero-order valence-electron chi connectivity index (χ0n) is 12.6. The van der Waals surface area contributed by atoms with E-state index in [1.807, 2.05) is 0 Å². The predicted molar refractivity (Wildman–Crippen MR) is 82.8 cm³/mol. The smallest absolute Gasteiger partial charge is 0.279 e. The average Bonchev–Trinajstić information content (AvgIpc) is 2.94. The van der Waals surface area contributed by atoms with Gasteiger partial charge < -0.3 is 15.2 Å². The number of anilines is 1. The van der Waals surface area contributed by atoms with Crippen molar-refractivity contribution in [1.29, 1.82) is 0 Å². The fourth-order valence-corrected chi connectivity index (χ4v) is 2.65. The minimum atomic E-state index is -0.0417. The second-order valence-corrected chi connectivity index (χ2v) is 5.49. The standard InChI is InChI=1S/C14H22N6O/c1-3-4-5-10-16-12-11(13(21)19(10)2)17-14(18-12)20-8-6-15-7-9-20/h15H,3-9H2,1-2H3,(H,17,18). The first-order chi connectivity index (χ1) is 10.2. The maximum absolute atomic E-state index is 12.4. The van der Waals surface area contributed by atoms with Crippen LogP contribution in [0.4, 0.5) is 5.95 Å². The average molecular weight is 290 g/mol. The van der Waals surface area contributed by atoms with Crippen molar-refractivity contribution in [3.05, 3.63) is 16.2 Å². The largest absolute Gasteiger partial charge is 0.340 e. The highest BCUT2D eigenvalue weighted by Gasteiger charge is 2.17. The molecule has 0 bridgehead atoms.